The van der Waals surface area contributed by atoms with Gasteiger partial charge in [0.25, 0.3) is 0 Å². The fraction of sp³-hybridized carbons (Fsp3) is 0.667. The van der Waals surface area contributed by atoms with Crippen molar-refractivity contribution in [1.29, 1.82) is 0 Å². The Balaban J connectivity index is 4.02. The van der Waals surface area contributed by atoms with E-state index in [1.807, 2.05) is 0 Å². The molecular weight excluding hydrogens is 161 g/mol. The van der Waals surface area contributed by atoms with Crippen molar-refractivity contribution in [3.8, 4) is 0 Å². The van der Waals surface area contributed by atoms with Gasteiger partial charge in [-0.15, -0.1) is 0 Å². The molecule has 0 saturated carbocycles. The number of rotatable bonds is 4. The Hall–Kier alpha value is -1.04. The van der Waals surface area contributed by atoms with Gasteiger partial charge in [-0.05, 0) is 0 Å². The van der Waals surface area contributed by atoms with Crippen molar-refractivity contribution in [1.82, 2.24) is 5.32 Å². The van der Waals surface area contributed by atoms with E-state index in [1.54, 1.807) is 0 Å². The molecule has 2 N–H and O–H groups in total. The topological polar surface area (TPSA) is 75.6 Å². The van der Waals surface area contributed by atoms with Crippen molar-refractivity contribution in [3.63, 3.8) is 0 Å². The van der Waals surface area contributed by atoms with E-state index in [-0.39, 0.29) is 13.0 Å². The molecule has 0 saturated heterocycles. The highest BCUT2D eigenvalue weighted by Crippen LogP contribution is 1.93. The highest BCUT2D eigenvalue weighted by Gasteiger charge is 2.18. The van der Waals surface area contributed by atoms with Crippen molar-refractivity contribution in [2.75, 3.05) is 13.7 Å². The third-order valence-corrected chi connectivity index (χ3v) is 1.22. The van der Waals surface area contributed by atoms with Gasteiger partial charge in [0, 0.05) is 13.0 Å². The molecule has 0 aromatic heterocycles. The third-order valence-electron chi connectivity index (χ3n) is 1.22. The molecule has 0 aromatic rings. The Morgan fingerprint density at radius 1 is 1.67 bits per heavy atom. The maximum Gasteiger partial charge on any atom is 0.328 e. The van der Waals surface area contributed by atoms with Crippen molar-refractivity contribution >= 4 is 19.6 Å². The Morgan fingerprint density at radius 2 is 2.25 bits per heavy atom. The van der Waals surface area contributed by atoms with Crippen LogP contribution in [0.1, 0.15) is 6.42 Å². The smallest absolute Gasteiger partial charge is 0.328 e. The Kier molecular flexibility index (Phi) is 5.11. The summed E-state index contributed by atoms with van der Waals surface area (Å²) in [5.74, 6) is -1.44. The maximum atomic E-state index is 10.8. The molecule has 5 nitrogen and oxygen atoms in total. The van der Waals surface area contributed by atoms with E-state index in [0.717, 1.165) is 0 Å². The summed E-state index contributed by atoms with van der Waals surface area (Å²) < 4.78 is 4.35. The summed E-state index contributed by atoms with van der Waals surface area (Å²) in [5, 5.41) is 10.6. The first kappa shape index (κ1) is 11.0. The second kappa shape index (κ2) is 5.59. The van der Waals surface area contributed by atoms with Gasteiger partial charge in [0.15, 0.2) is 5.81 Å². The first-order valence-corrected chi connectivity index (χ1v) is 3.36. The van der Waals surface area contributed by atoms with Gasteiger partial charge >= 0.3 is 5.97 Å². The molecule has 0 aliphatic rings. The van der Waals surface area contributed by atoms with Gasteiger partial charge in [-0.2, -0.15) is 0 Å². The van der Waals surface area contributed by atoms with Gasteiger partial charge < -0.3 is 15.2 Å². The zero-order chi connectivity index (χ0) is 9.56. The number of methoxy groups -OCH3 is 1. The number of carbonyl (C=O) groups is 2. The summed E-state index contributed by atoms with van der Waals surface area (Å²) in [6.07, 6.45) is 0.0929. The Morgan fingerprint density at radius 3 is 2.58 bits per heavy atom. The third kappa shape index (κ3) is 3.97. The fourth-order valence-corrected chi connectivity index (χ4v) is 0.692. The molecule has 1 atom stereocenters. The molecular formula is C6H10BNO4. The summed E-state index contributed by atoms with van der Waals surface area (Å²) in [7, 11) is 5.97. The van der Waals surface area contributed by atoms with Crippen LogP contribution in [0.3, 0.4) is 0 Å². The molecule has 0 aliphatic carbocycles. The number of hydrogen-bond acceptors (Lipinski definition) is 4. The Bertz CT molecular complexity index is 173. The molecule has 0 heterocycles. The molecule has 0 aliphatic heterocycles. The average Bonchev–Trinajstić information content (AvgIpc) is 2.01. The number of aliphatic hydroxyl groups excluding tert-OH is 1. The SMILES string of the molecule is [B]C(=O)NC(CCO)C(=O)OC. The number of nitrogens with one attached hydrogen (secondary N) is 1. The minimum absolute atomic E-state index is 0.0929. The van der Waals surface area contributed by atoms with E-state index in [1.165, 1.54) is 7.11 Å². The quantitative estimate of drug-likeness (QED) is 0.411. The molecule has 2 radical (unpaired) electrons. The molecule has 66 valence electrons. The predicted octanol–water partition coefficient (Wildman–Crippen LogP) is -1.21. The van der Waals surface area contributed by atoms with Crippen LogP contribution in [-0.4, -0.2) is 44.5 Å². The number of carbonyl (C=O) groups excluding carboxylic acids is 2. The van der Waals surface area contributed by atoms with Crippen molar-refractivity contribution < 1.29 is 19.4 Å². The summed E-state index contributed by atoms with van der Waals surface area (Å²) in [6, 6.07) is -0.863. The minimum Gasteiger partial charge on any atom is -0.467 e. The largest absolute Gasteiger partial charge is 0.467 e. The predicted molar refractivity (Wildman–Crippen MR) is 41.8 cm³/mol. The van der Waals surface area contributed by atoms with Gasteiger partial charge in [0.05, 0.1) is 7.11 Å². The molecule has 0 fully saturated rings. The van der Waals surface area contributed by atoms with Crippen molar-refractivity contribution in [3.05, 3.63) is 0 Å². The van der Waals surface area contributed by atoms with Crippen LogP contribution in [0.4, 0.5) is 4.79 Å². The van der Waals surface area contributed by atoms with E-state index in [9.17, 15) is 9.59 Å². The molecule has 12 heavy (non-hydrogen) atoms. The van der Waals surface area contributed by atoms with Crippen LogP contribution >= 0.6 is 0 Å². The molecule has 6 heteroatoms. The second-order valence-corrected chi connectivity index (χ2v) is 2.10. The number of ether oxygens (including phenoxy) is 1. The minimum atomic E-state index is -0.863. The maximum absolute atomic E-state index is 10.8. The zero-order valence-corrected chi connectivity index (χ0v) is 6.74. The lowest BCUT2D eigenvalue weighted by Crippen LogP contribution is -2.41. The van der Waals surface area contributed by atoms with Crippen LogP contribution in [-0.2, 0) is 9.53 Å². The molecule has 0 aromatic carbocycles. The summed E-state index contributed by atoms with van der Waals surface area (Å²) in [6.45, 7) is -0.222. The van der Waals surface area contributed by atoms with Crippen LogP contribution in [0, 0.1) is 0 Å². The highest BCUT2D eigenvalue weighted by atomic mass is 16.5. The van der Waals surface area contributed by atoms with Gasteiger partial charge in [-0.25, -0.2) is 4.79 Å². The van der Waals surface area contributed by atoms with Gasteiger partial charge in [-0.3, -0.25) is 4.79 Å². The second-order valence-electron chi connectivity index (χ2n) is 2.10. The Labute approximate surface area is 71.5 Å². The lowest BCUT2D eigenvalue weighted by Gasteiger charge is -2.13. The number of aliphatic hydroxyl groups is 1. The van der Waals surface area contributed by atoms with E-state index in [4.69, 9.17) is 13.0 Å². The van der Waals surface area contributed by atoms with Crippen LogP contribution in [0.2, 0.25) is 0 Å². The van der Waals surface area contributed by atoms with Crippen molar-refractivity contribution in [2.45, 2.75) is 12.5 Å². The van der Waals surface area contributed by atoms with E-state index in [0.29, 0.717) is 0 Å². The zero-order valence-electron chi connectivity index (χ0n) is 6.74. The van der Waals surface area contributed by atoms with E-state index in [2.05, 4.69) is 10.1 Å². The molecule has 0 bridgehead atoms. The molecule has 0 rings (SSSR count). The lowest BCUT2D eigenvalue weighted by molar-refractivity contribution is -0.143. The normalized spacial score (nSPS) is 11.8. The summed E-state index contributed by atoms with van der Waals surface area (Å²) in [4.78, 5) is 21.2. The summed E-state index contributed by atoms with van der Waals surface area (Å²) in [5.41, 5.74) is 0. The number of amides is 1. The first-order chi connectivity index (χ1) is 5.61. The highest BCUT2D eigenvalue weighted by molar-refractivity contribution is 6.57. The lowest BCUT2D eigenvalue weighted by atomic mass is 10.1. The molecule has 1 amide bonds. The summed E-state index contributed by atoms with van der Waals surface area (Å²) >= 11 is 0. The van der Waals surface area contributed by atoms with Gasteiger partial charge in [0.2, 0.25) is 7.85 Å². The first-order valence-electron chi connectivity index (χ1n) is 3.36. The fourth-order valence-electron chi connectivity index (χ4n) is 0.692. The van der Waals surface area contributed by atoms with E-state index >= 15 is 0 Å². The van der Waals surface area contributed by atoms with Crippen LogP contribution in [0.25, 0.3) is 0 Å². The van der Waals surface area contributed by atoms with Gasteiger partial charge in [0.1, 0.15) is 6.04 Å². The monoisotopic (exact) mass is 171 g/mol. The van der Waals surface area contributed by atoms with Crippen molar-refractivity contribution in [2.24, 2.45) is 0 Å². The van der Waals surface area contributed by atoms with Gasteiger partial charge in [-0.1, -0.05) is 0 Å². The standard InChI is InChI=1S/C6H10BNO4/c1-12-5(10)4(2-3-9)8-6(7)11/h4,9H,2-3H2,1H3,(H,8,11). The van der Waals surface area contributed by atoms with Crippen LogP contribution < -0.4 is 5.32 Å². The molecule has 1 unspecified atom stereocenters. The molecule has 0 spiro atoms. The average molecular weight is 171 g/mol. The number of hydrogen-bond donors (Lipinski definition) is 2. The number of esters is 1. The van der Waals surface area contributed by atoms with E-state index < -0.39 is 17.8 Å². The van der Waals surface area contributed by atoms with Crippen LogP contribution in [0.15, 0.2) is 0 Å². The van der Waals surface area contributed by atoms with Crippen LogP contribution in [0.5, 0.6) is 0 Å².